The molecule has 0 saturated heterocycles. The molecule has 0 amide bonds. The monoisotopic (exact) mass is 448 g/mol. The second-order valence-corrected chi connectivity index (χ2v) is 10.8. The SMILES string of the molecule is CC(C)CC(SCCCCCCn1ccc(=S)[nH]c1=S)(c1ccccc1)C(C)C. The van der Waals surface area contributed by atoms with Crippen LogP contribution in [0.1, 0.15) is 65.4 Å². The highest BCUT2D eigenvalue weighted by molar-refractivity contribution is 8.00. The molecule has 0 aliphatic rings. The lowest BCUT2D eigenvalue weighted by Crippen LogP contribution is -2.31. The fraction of sp³-hybridized carbons (Fsp3) is 0.583. The van der Waals surface area contributed by atoms with Gasteiger partial charge in [0, 0.05) is 17.5 Å². The first-order chi connectivity index (χ1) is 13.8. The summed E-state index contributed by atoms with van der Waals surface area (Å²) in [5.41, 5.74) is 1.49. The van der Waals surface area contributed by atoms with Crippen molar-refractivity contribution in [1.29, 1.82) is 0 Å². The van der Waals surface area contributed by atoms with E-state index in [4.69, 9.17) is 24.4 Å². The third-order valence-electron chi connectivity index (χ3n) is 5.46. The molecule has 1 heterocycles. The van der Waals surface area contributed by atoms with Crippen molar-refractivity contribution in [3.05, 3.63) is 57.6 Å². The normalized spacial score (nSPS) is 13.7. The van der Waals surface area contributed by atoms with E-state index in [0.29, 0.717) is 16.5 Å². The summed E-state index contributed by atoms with van der Waals surface area (Å²) < 4.78 is 3.73. The number of H-pyrrole nitrogens is 1. The second-order valence-electron chi connectivity index (χ2n) is 8.57. The van der Waals surface area contributed by atoms with E-state index in [1.54, 1.807) is 0 Å². The van der Waals surface area contributed by atoms with Gasteiger partial charge in [0.25, 0.3) is 0 Å². The summed E-state index contributed by atoms with van der Waals surface area (Å²) in [6.07, 6.45) is 8.17. The Bertz CT molecular complexity index is 839. The first-order valence-corrected chi connectivity index (χ1v) is 12.6. The molecular weight excluding hydrogens is 412 g/mol. The number of hydrogen-bond donors (Lipinski definition) is 1. The van der Waals surface area contributed by atoms with Crippen LogP contribution in [0.25, 0.3) is 0 Å². The number of aromatic amines is 1. The van der Waals surface area contributed by atoms with Crippen LogP contribution in [0.5, 0.6) is 0 Å². The van der Waals surface area contributed by atoms with Gasteiger partial charge in [0.2, 0.25) is 0 Å². The maximum atomic E-state index is 5.34. The molecule has 0 bridgehead atoms. The maximum absolute atomic E-state index is 5.34. The van der Waals surface area contributed by atoms with E-state index < -0.39 is 0 Å². The summed E-state index contributed by atoms with van der Waals surface area (Å²) in [5.74, 6) is 2.52. The van der Waals surface area contributed by atoms with Crippen LogP contribution in [0.15, 0.2) is 42.6 Å². The van der Waals surface area contributed by atoms with Crippen LogP contribution in [-0.4, -0.2) is 15.3 Å². The summed E-state index contributed by atoms with van der Waals surface area (Å²) in [6, 6.07) is 13.1. The zero-order chi connectivity index (χ0) is 21.3. The Hall–Kier alpha value is -0.910. The fourth-order valence-electron chi connectivity index (χ4n) is 3.93. The highest BCUT2D eigenvalue weighted by atomic mass is 32.2. The molecule has 0 spiro atoms. The third kappa shape index (κ3) is 7.37. The highest BCUT2D eigenvalue weighted by Gasteiger charge is 2.36. The van der Waals surface area contributed by atoms with Crippen molar-refractivity contribution in [2.75, 3.05) is 5.75 Å². The predicted octanol–water partition coefficient (Wildman–Crippen LogP) is 8.17. The Morgan fingerprint density at radius 3 is 2.28 bits per heavy atom. The molecule has 1 atom stereocenters. The average molecular weight is 449 g/mol. The number of aryl methyl sites for hydroxylation is 1. The summed E-state index contributed by atoms with van der Waals surface area (Å²) in [6.45, 7) is 10.4. The molecule has 0 saturated carbocycles. The van der Waals surface area contributed by atoms with Gasteiger partial charge in [0.05, 0.1) is 0 Å². The minimum Gasteiger partial charge on any atom is -0.325 e. The van der Waals surface area contributed by atoms with Crippen LogP contribution >= 0.6 is 36.2 Å². The number of rotatable bonds is 12. The Balaban J connectivity index is 1.85. The number of benzene rings is 1. The lowest BCUT2D eigenvalue weighted by molar-refractivity contribution is 0.367. The van der Waals surface area contributed by atoms with Crippen molar-refractivity contribution in [2.24, 2.45) is 11.8 Å². The summed E-state index contributed by atoms with van der Waals surface area (Å²) >= 11 is 12.6. The van der Waals surface area contributed by atoms with Crippen molar-refractivity contribution < 1.29 is 0 Å². The van der Waals surface area contributed by atoms with Crippen LogP contribution < -0.4 is 0 Å². The fourth-order valence-corrected chi connectivity index (χ4v) is 6.22. The first-order valence-electron chi connectivity index (χ1n) is 10.8. The lowest BCUT2D eigenvalue weighted by Gasteiger charge is -2.39. The number of unbranched alkanes of at least 4 members (excludes halogenated alkanes) is 3. The molecule has 0 aliphatic heterocycles. The van der Waals surface area contributed by atoms with Gasteiger partial charge in [-0.3, -0.25) is 0 Å². The number of nitrogens with zero attached hydrogens (tertiary/aromatic N) is 1. The van der Waals surface area contributed by atoms with Crippen LogP contribution in [0, 0.1) is 21.2 Å². The Morgan fingerprint density at radius 2 is 1.66 bits per heavy atom. The Kier molecular flexibility index (Phi) is 10.1. The van der Waals surface area contributed by atoms with Crippen molar-refractivity contribution >= 4 is 36.2 Å². The molecule has 2 nitrogen and oxygen atoms in total. The van der Waals surface area contributed by atoms with Crippen LogP contribution in [0.4, 0.5) is 0 Å². The van der Waals surface area contributed by atoms with Crippen LogP contribution in [0.3, 0.4) is 0 Å². The molecular formula is C24H36N2S3. The highest BCUT2D eigenvalue weighted by Crippen LogP contribution is 2.48. The molecule has 29 heavy (non-hydrogen) atoms. The van der Waals surface area contributed by atoms with Gasteiger partial charge >= 0.3 is 0 Å². The van der Waals surface area contributed by atoms with Crippen LogP contribution in [-0.2, 0) is 11.3 Å². The number of aromatic nitrogens is 2. The topological polar surface area (TPSA) is 20.7 Å². The predicted molar refractivity (Wildman–Crippen MR) is 134 cm³/mol. The maximum Gasteiger partial charge on any atom is 0.178 e. The van der Waals surface area contributed by atoms with Gasteiger partial charge in [-0.25, -0.2) is 0 Å². The van der Waals surface area contributed by atoms with E-state index in [-0.39, 0.29) is 4.75 Å². The standard InChI is InChI=1S/C24H36N2S3/c1-19(2)18-24(20(3)4,21-12-8-7-9-13-21)29-17-11-6-5-10-15-26-16-14-22(27)25-23(26)28/h7-9,12-14,16,19-20H,5-6,10-11,15,17-18H2,1-4H3,(H,25,27,28). The molecule has 2 rings (SSSR count). The summed E-state index contributed by atoms with van der Waals surface area (Å²) in [4.78, 5) is 3.05. The summed E-state index contributed by atoms with van der Waals surface area (Å²) in [5, 5.41) is 0. The molecule has 1 aromatic heterocycles. The Morgan fingerprint density at radius 1 is 0.966 bits per heavy atom. The van der Waals surface area contributed by atoms with Crippen LogP contribution in [0.2, 0.25) is 0 Å². The second kappa shape index (κ2) is 12.1. The molecule has 2 aromatic rings. The third-order valence-corrected chi connectivity index (χ3v) is 7.91. The largest absolute Gasteiger partial charge is 0.325 e. The van der Waals surface area contributed by atoms with Crippen molar-refractivity contribution in [1.82, 2.24) is 9.55 Å². The molecule has 1 unspecified atom stereocenters. The zero-order valence-corrected chi connectivity index (χ0v) is 20.8. The summed E-state index contributed by atoms with van der Waals surface area (Å²) in [7, 11) is 0. The van der Waals surface area contributed by atoms with Gasteiger partial charge in [-0.2, -0.15) is 11.8 Å². The first kappa shape index (κ1) is 24.4. The quantitative estimate of drug-likeness (QED) is 0.261. The minimum absolute atomic E-state index is 0.213. The number of thioether (sulfide) groups is 1. The van der Waals surface area contributed by atoms with E-state index in [2.05, 4.69) is 79.3 Å². The van der Waals surface area contributed by atoms with Crippen molar-refractivity contribution in [3.8, 4) is 0 Å². The van der Waals surface area contributed by atoms with Crippen molar-refractivity contribution in [2.45, 2.75) is 71.1 Å². The van der Waals surface area contributed by atoms with Gasteiger partial charge < -0.3 is 9.55 Å². The molecule has 1 N–H and O–H groups in total. The molecule has 160 valence electrons. The molecule has 0 radical (unpaired) electrons. The van der Waals surface area contributed by atoms with Gasteiger partial charge in [0.1, 0.15) is 4.64 Å². The van der Waals surface area contributed by atoms with Crippen molar-refractivity contribution in [3.63, 3.8) is 0 Å². The zero-order valence-electron chi connectivity index (χ0n) is 18.3. The molecule has 0 aliphatic carbocycles. The van der Waals surface area contributed by atoms with E-state index in [1.807, 2.05) is 12.3 Å². The van der Waals surface area contributed by atoms with Gasteiger partial charge in [0.15, 0.2) is 4.77 Å². The van der Waals surface area contributed by atoms with E-state index >= 15 is 0 Å². The molecule has 5 heteroatoms. The van der Waals surface area contributed by atoms with Gasteiger partial charge in [-0.1, -0.05) is 83.1 Å². The lowest BCUT2D eigenvalue weighted by atomic mass is 9.81. The number of hydrogen-bond acceptors (Lipinski definition) is 3. The average Bonchev–Trinajstić information content (AvgIpc) is 2.68. The molecule has 0 fully saturated rings. The number of nitrogens with one attached hydrogen (secondary N) is 1. The van der Waals surface area contributed by atoms with E-state index in [0.717, 1.165) is 17.7 Å². The van der Waals surface area contributed by atoms with Gasteiger partial charge in [-0.05, 0) is 60.7 Å². The molecule has 1 aromatic carbocycles. The smallest absolute Gasteiger partial charge is 0.178 e. The Labute approximate surface area is 191 Å². The van der Waals surface area contributed by atoms with E-state index in [9.17, 15) is 0 Å². The van der Waals surface area contributed by atoms with Gasteiger partial charge in [-0.15, -0.1) is 0 Å². The van der Waals surface area contributed by atoms with E-state index in [1.165, 1.54) is 37.0 Å². The minimum atomic E-state index is 0.213.